The third-order valence-corrected chi connectivity index (χ3v) is 7.70. The topological polar surface area (TPSA) is 57.7 Å². The summed E-state index contributed by atoms with van der Waals surface area (Å²) in [6, 6.07) is 26.6. The van der Waals surface area contributed by atoms with Crippen molar-refractivity contribution >= 4 is 34.5 Å². The summed E-state index contributed by atoms with van der Waals surface area (Å²) in [5, 5.41) is 0. The number of allylic oxidation sites excluding steroid dienone is 2. The van der Waals surface area contributed by atoms with Crippen LogP contribution in [0.5, 0.6) is 0 Å². The van der Waals surface area contributed by atoms with E-state index in [2.05, 4.69) is 0 Å². The summed E-state index contributed by atoms with van der Waals surface area (Å²) < 4.78 is 0. The number of para-hydroxylation sites is 2. The standard InChI is InChI=1S/C35H40N2O3/c1-25-18-20-27(21-19-25)26(2)23-30(38)24-31(35(3,4)5)33(39)36-22-12-17-32(36)34(40)37(28-13-8-6-9-14-28)29-15-10-7-11-16-29/h6-11,13-16,18-21,23,31-32H,12,17,22,24H2,1-5H3/b26-23+/t31-,32+/m1/s1. The van der Waals surface area contributed by atoms with E-state index in [-0.39, 0.29) is 24.0 Å². The minimum Gasteiger partial charge on any atom is -0.330 e. The number of benzene rings is 3. The SMILES string of the molecule is C/C(=C\C(=O)C[C@H](C(=O)N1CCC[C@H]1C(=O)N(c1ccccc1)c1ccccc1)C(C)(C)C)c1ccc(C)cc1. The maximum atomic E-state index is 14.1. The zero-order valence-corrected chi connectivity index (χ0v) is 24.3. The first-order chi connectivity index (χ1) is 19.1. The number of aryl methyl sites for hydroxylation is 1. The zero-order valence-electron chi connectivity index (χ0n) is 24.3. The van der Waals surface area contributed by atoms with Crippen LogP contribution in [-0.2, 0) is 14.4 Å². The van der Waals surface area contributed by atoms with Crippen molar-refractivity contribution in [3.63, 3.8) is 0 Å². The van der Waals surface area contributed by atoms with E-state index < -0.39 is 17.4 Å². The van der Waals surface area contributed by atoms with Gasteiger partial charge >= 0.3 is 0 Å². The van der Waals surface area contributed by atoms with E-state index in [1.165, 1.54) is 0 Å². The molecule has 5 heteroatoms. The van der Waals surface area contributed by atoms with E-state index >= 15 is 0 Å². The summed E-state index contributed by atoms with van der Waals surface area (Å²) in [5.41, 5.74) is 4.10. The Morgan fingerprint density at radius 1 is 0.900 bits per heavy atom. The molecule has 0 aliphatic carbocycles. The number of anilines is 2. The van der Waals surface area contributed by atoms with Gasteiger partial charge in [-0.1, -0.05) is 87.0 Å². The van der Waals surface area contributed by atoms with Crippen LogP contribution in [0.15, 0.2) is 91.0 Å². The molecule has 1 aliphatic rings. The lowest BCUT2D eigenvalue weighted by molar-refractivity contribution is -0.145. The summed E-state index contributed by atoms with van der Waals surface area (Å²) in [6.45, 7) is 10.4. The Kier molecular flexibility index (Phi) is 9.03. The second kappa shape index (κ2) is 12.5. The normalized spacial score (nSPS) is 16.5. The first kappa shape index (κ1) is 29.0. The molecule has 0 N–H and O–H groups in total. The van der Waals surface area contributed by atoms with Crippen molar-refractivity contribution in [3.8, 4) is 0 Å². The molecule has 4 rings (SSSR count). The van der Waals surface area contributed by atoms with Gasteiger partial charge in [-0.05, 0) is 73.6 Å². The van der Waals surface area contributed by atoms with Crippen LogP contribution in [0.4, 0.5) is 11.4 Å². The zero-order chi connectivity index (χ0) is 28.9. The minimum atomic E-state index is -0.585. The van der Waals surface area contributed by atoms with Gasteiger partial charge in [-0.15, -0.1) is 0 Å². The highest BCUT2D eigenvalue weighted by Gasteiger charge is 2.43. The average molecular weight is 537 g/mol. The fourth-order valence-electron chi connectivity index (χ4n) is 5.36. The molecule has 1 aliphatic heterocycles. The highest BCUT2D eigenvalue weighted by molar-refractivity contribution is 6.05. The van der Waals surface area contributed by atoms with E-state index in [4.69, 9.17) is 0 Å². The molecule has 0 spiro atoms. The molecule has 2 atom stereocenters. The van der Waals surface area contributed by atoms with Crippen molar-refractivity contribution in [1.29, 1.82) is 0 Å². The molecule has 208 valence electrons. The van der Waals surface area contributed by atoms with Gasteiger partial charge in [0.15, 0.2) is 5.78 Å². The Morgan fingerprint density at radius 3 is 1.98 bits per heavy atom. The molecule has 0 bridgehead atoms. The lowest BCUT2D eigenvalue weighted by atomic mass is 9.76. The van der Waals surface area contributed by atoms with Gasteiger partial charge < -0.3 is 4.90 Å². The van der Waals surface area contributed by atoms with Crippen molar-refractivity contribution < 1.29 is 14.4 Å². The molecule has 0 radical (unpaired) electrons. The number of likely N-dealkylation sites (tertiary alicyclic amines) is 1. The summed E-state index contributed by atoms with van der Waals surface area (Å²) in [5.74, 6) is -0.877. The molecule has 2 amide bonds. The quantitative estimate of drug-likeness (QED) is 0.282. The lowest BCUT2D eigenvalue weighted by Crippen LogP contribution is -2.50. The number of ketones is 1. The molecule has 0 unspecified atom stereocenters. The van der Waals surface area contributed by atoms with E-state index in [0.29, 0.717) is 13.0 Å². The van der Waals surface area contributed by atoms with Gasteiger partial charge in [-0.25, -0.2) is 0 Å². The fourth-order valence-corrected chi connectivity index (χ4v) is 5.36. The lowest BCUT2D eigenvalue weighted by Gasteiger charge is -2.36. The molecule has 0 saturated carbocycles. The molecule has 1 saturated heterocycles. The monoisotopic (exact) mass is 536 g/mol. The van der Waals surface area contributed by atoms with Gasteiger partial charge in [0, 0.05) is 24.3 Å². The van der Waals surface area contributed by atoms with E-state index in [1.807, 2.05) is 120 Å². The van der Waals surface area contributed by atoms with Crippen LogP contribution < -0.4 is 4.90 Å². The van der Waals surface area contributed by atoms with Crippen LogP contribution in [-0.4, -0.2) is 35.1 Å². The molecule has 0 aromatic heterocycles. The van der Waals surface area contributed by atoms with Crippen LogP contribution in [0, 0.1) is 18.3 Å². The maximum Gasteiger partial charge on any atom is 0.254 e. The minimum absolute atomic E-state index is 0.0800. The largest absolute Gasteiger partial charge is 0.330 e. The number of nitrogens with zero attached hydrogens (tertiary/aromatic N) is 2. The van der Waals surface area contributed by atoms with Crippen LogP contribution >= 0.6 is 0 Å². The van der Waals surface area contributed by atoms with Crippen LogP contribution in [0.1, 0.15) is 58.1 Å². The van der Waals surface area contributed by atoms with Gasteiger partial charge in [0.1, 0.15) is 6.04 Å². The van der Waals surface area contributed by atoms with Gasteiger partial charge in [-0.3, -0.25) is 19.3 Å². The number of hydrogen-bond donors (Lipinski definition) is 0. The number of hydrogen-bond acceptors (Lipinski definition) is 3. The second-order valence-corrected chi connectivity index (χ2v) is 11.8. The number of carbonyl (C=O) groups is 3. The van der Waals surface area contributed by atoms with Crippen molar-refractivity contribution in [1.82, 2.24) is 4.90 Å². The molecule has 5 nitrogen and oxygen atoms in total. The first-order valence-electron chi connectivity index (χ1n) is 14.1. The molecular weight excluding hydrogens is 496 g/mol. The van der Waals surface area contributed by atoms with Crippen LogP contribution in [0.3, 0.4) is 0 Å². The van der Waals surface area contributed by atoms with Crippen molar-refractivity contribution in [3.05, 3.63) is 102 Å². The summed E-state index contributed by atoms with van der Waals surface area (Å²) >= 11 is 0. The highest BCUT2D eigenvalue weighted by Crippen LogP contribution is 2.35. The fraction of sp³-hybridized carbons (Fsp3) is 0.343. The summed E-state index contributed by atoms with van der Waals surface area (Å²) in [7, 11) is 0. The third kappa shape index (κ3) is 6.77. The highest BCUT2D eigenvalue weighted by atomic mass is 16.2. The van der Waals surface area contributed by atoms with E-state index in [9.17, 15) is 14.4 Å². The molecule has 40 heavy (non-hydrogen) atoms. The van der Waals surface area contributed by atoms with Gasteiger partial charge in [-0.2, -0.15) is 0 Å². The second-order valence-electron chi connectivity index (χ2n) is 11.8. The van der Waals surface area contributed by atoms with Crippen molar-refractivity contribution in [2.75, 3.05) is 11.4 Å². The Hall–Kier alpha value is -3.99. The van der Waals surface area contributed by atoms with Crippen molar-refractivity contribution in [2.24, 2.45) is 11.3 Å². The number of carbonyl (C=O) groups excluding carboxylic acids is 3. The summed E-state index contributed by atoms with van der Waals surface area (Å²) in [4.78, 5) is 44.9. The number of rotatable bonds is 8. The predicted molar refractivity (Wildman–Crippen MR) is 162 cm³/mol. The molecule has 3 aromatic rings. The Balaban J connectivity index is 1.58. The van der Waals surface area contributed by atoms with Gasteiger partial charge in [0.05, 0.1) is 5.92 Å². The Labute approximate surface area is 238 Å². The van der Waals surface area contributed by atoms with Crippen LogP contribution in [0.25, 0.3) is 5.57 Å². The third-order valence-electron chi connectivity index (χ3n) is 7.70. The number of amides is 2. The average Bonchev–Trinajstić information content (AvgIpc) is 3.43. The molecular formula is C35H40N2O3. The molecule has 1 fully saturated rings. The Bertz CT molecular complexity index is 1320. The smallest absolute Gasteiger partial charge is 0.254 e. The van der Waals surface area contributed by atoms with E-state index in [0.717, 1.165) is 34.5 Å². The molecule has 1 heterocycles. The van der Waals surface area contributed by atoms with Gasteiger partial charge in [0.25, 0.3) is 5.91 Å². The Morgan fingerprint density at radius 2 is 1.45 bits per heavy atom. The van der Waals surface area contributed by atoms with Crippen molar-refractivity contribution in [2.45, 2.75) is 59.9 Å². The summed E-state index contributed by atoms with van der Waals surface area (Å²) in [6.07, 6.45) is 3.09. The maximum absolute atomic E-state index is 14.1. The van der Waals surface area contributed by atoms with Crippen LogP contribution in [0.2, 0.25) is 0 Å². The van der Waals surface area contributed by atoms with Gasteiger partial charge in [0.2, 0.25) is 5.91 Å². The molecule has 3 aromatic carbocycles. The predicted octanol–water partition coefficient (Wildman–Crippen LogP) is 7.38. The van der Waals surface area contributed by atoms with E-state index in [1.54, 1.807) is 15.9 Å². The first-order valence-corrected chi connectivity index (χ1v) is 14.1.